The second kappa shape index (κ2) is 10.4. The van der Waals surface area contributed by atoms with E-state index in [9.17, 15) is 4.79 Å². The third-order valence-corrected chi connectivity index (χ3v) is 5.63. The Labute approximate surface area is 164 Å². The van der Waals surface area contributed by atoms with Gasteiger partial charge in [-0.05, 0) is 37.8 Å². The standard InChI is InChI=1S/C19H29N5O2S/c1-2-3-5-10-20-17(25)15-27-19-22-21-18(23-11-6-4-7-12-23)24(19)14-16-9-8-13-26-16/h8-9,13H,2-7,10-12,14-15H2,1H3,(H,20,25). The first-order valence-corrected chi connectivity index (χ1v) is 10.9. The van der Waals surface area contributed by atoms with Crippen LogP contribution in [0.3, 0.4) is 0 Å². The van der Waals surface area contributed by atoms with Gasteiger partial charge in [-0.15, -0.1) is 10.2 Å². The predicted octanol–water partition coefficient (Wildman–Crippen LogP) is 3.31. The number of carbonyl (C=O) groups excluding carboxylic acids is 1. The van der Waals surface area contributed by atoms with E-state index in [2.05, 4.69) is 31.9 Å². The predicted molar refractivity (Wildman–Crippen MR) is 107 cm³/mol. The van der Waals surface area contributed by atoms with Crippen LogP contribution < -0.4 is 10.2 Å². The summed E-state index contributed by atoms with van der Waals surface area (Å²) in [6.45, 7) is 5.47. The number of rotatable bonds is 10. The van der Waals surface area contributed by atoms with Crippen LogP contribution in [0.2, 0.25) is 0 Å². The molecule has 0 atom stereocenters. The Balaban J connectivity index is 1.64. The molecule has 1 fully saturated rings. The second-order valence-corrected chi connectivity index (χ2v) is 7.78. The van der Waals surface area contributed by atoms with E-state index in [0.717, 1.165) is 55.8 Å². The van der Waals surface area contributed by atoms with Gasteiger partial charge in [-0.25, -0.2) is 0 Å². The van der Waals surface area contributed by atoms with Gasteiger partial charge in [0, 0.05) is 19.6 Å². The van der Waals surface area contributed by atoms with Crippen molar-refractivity contribution in [2.75, 3.05) is 30.3 Å². The Morgan fingerprint density at radius 1 is 1.26 bits per heavy atom. The molecule has 1 aliphatic rings. The lowest BCUT2D eigenvalue weighted by Crippen LogP contribution is -2.32. The van der Waals surface area contributed by atoms with Gasteiger partial charge in [-0.3, -0.25) is 9.36 Å². The fourth-order valence-corrected chi connectivity index (χ4v) is 3.96. The molecule has 8 heteroatoms. The van der Waals surface area contributed by atoms with E-state index < -0.39 is 0 Å². The number of nitrogens with one attached hydrogen (secondary N) is 1. The number of aromatic nitrogens is 3. The number of hydrogen-bond donors (Lipinski definition) is 1. The lowest BCUT2D eigenvalue weighted by Gasteiger charge is -2.27. The highest BCUT2D eigenvalue weighted by atomic mass is 32.2. The quantitative estimate of drug-likeness (QED) is 0.495. The molecule has 3 heterocycles. The summed E-state index contributed by atoms with van der Waals surface area (Å²) in [7, 11) is 0. The number of unbranched alkanes of at least 4 members (excludes halogenated alkanes) is 2. The summed E-state index contributed by atoms with van der Waals surface area (Å²) >= 11 is 1.43. The molecule has 0 aromatic carbocycles. The van der Waals surface area contributed by atoms with E-state index in [4.69, 9.17) is 4.42 Å². The highest BCUT2D eigenvalue weighted by Crippen LogP contribution is 2.25. The van der Waals surface area contributed by atoms with Crippen LogP contribution in [0.25, 0.3) is 0 Å². The van der Waals surface area contributed by atoms with Crippen LogP contribution in [0.1, 0.15) is 51.2 Å². The van der Waals surface area contributed by atoms with Crippen LogP contribution in [0.15, 0.2) is 28.0 Å². The summed E-state index contributed by atoms with van der Waals surface area (Å²) in [5.74, 6) is 2.13. The van der Waals surface area contributed by atoms with E-state index >= 15 is 0 Å². The van der Waals surface area contributed by atoms with Crippen molar-refractivity contribution in [3.05, 3.63) is 24.2 Å². The van der Waals surface area contributed by atoms with Crippen LogP contribution in [0.5, 0.6) is 0 Å². The van der Waals surface area contributed by atoms with E-state index in [1.807, 2.05) is 12.1 Å². The van der Waals surface area contributed by atoms with Crippen molar-refractivity contribution in [2.45, 2.75) is 57.1 Å². The molecule has 2 aromatic heterocycles. The van der Waals surface area contributed by atoms with Crippen LogP contribution in [-0.4, -0.2) is 46.1 Å². The van der Waals surface area contributed by atoms with Crippen molar-refractivity contribution in [2.24, 2.45) is 0 Å². The monoisotopic (exact) mass is 391 g/mol. The van der Waals surface area contributed by atoms with Gasteiger partial charge in [0.2, 0.25) is 11.9 Å². The fourth-order valence-electron chi connectivity index (χ4n) is 3.20. The Morgan fingerprint density at radius 3 is 2.85 bits per heavy atom. The van der Waals surface area contributed by atoms with Gasteiger partial charge < -0.3 is 14.6 Å². The number of piperidine rings is 1. The third kappa shape index (κ3) is 5.76. The van der Waals surface area contributed by atoms with Crippen LogP contribution in [0, 0.1) is 0 Å². The van der Waals surface area contributed by atoms with Crippen molar-refractivity contribution < 1.29 is 9.21 Å². The molecular weight excluding hydrogens is 362 g/mol. The molecule has 7 nitrogen and oxygen atoms in total. The van der Waals surface area contributed by atoms with E-state index in [1.54, 1.807) is 6.26 Å². The number of carbonyl (C=O) groups is 1. The summed E-state index contributed by atoms with van der Waals surface area (Å²) in [6.07, 6.45) is 8.62. The van der Waals surface area contributed by atoms with Crippen molar-refractivity contribution >= 4 is 23.6 Å². The number of nitrogens with zero attached hydrogens (tertiary/aromatic N) is 4. The van der Waals surface area contributed by atoms with Crippen LogP contribution in [0.4, 0.5) is 5.95 Å². The van der Waals surface area contributed by atoms with Crippen LogP contribution >= 0.6 is 11.8 Å². The molecule has 27 heavy (non-hydrogen) atoms. The van der Waals surface area contributed by atoms with Crippen molar-refractivity contribution in [3.8, 4) is 0 Å². The maximum absolute atomic E-state index is 12.1. The number of furan rings is 1. The van der Waals surface area contributed by atoms with Crippen molar-refractivity contribution in [3.63, 3.8) is 0 Å². The molecule has 0 spiro atoms. The third-order valence-electron chi connectivity index (χ3n) is 4.67. The average Bonchev–Trinajstić information content (AvgIpc) is 3.35. The van der Waals surface area contributed by atoms with Gasteiger partial charge in [0.1, 0.15) is 5.76 Å². The normalized spacial score (nSPS) is 14.5. The van der Waals surface area contributed by atoms with Gasteiger partial charge in [0.25, 0.3) is 0 Å². The van der Waals surface area contributed by atoms with Crippen molar-refractivity contribution in [1.82, 2.24) is 20.1 Å². The largest absolute Gasteiger partial charge is 0.467 e. The van der Waals surface area contributed by atoms with Gasteiger partial charge in [-0.2, -0.15) is 0 Å². The van der Waals surface area contributed by atoms with Crippen LogP contribution in [-0.2, 0) is 11.3 Å². The SMILES string of the molecule is CCCCCNC(=O)CSc1nnc(N2CCCCC2)n1Cc1ccco1. The molecule has 0 bridgehead atoms. The molecule has 148 valence electrons. The lowest BCUT2D eigenvalue weighted by molar-refractivity contribution is -0.118. The number of thioether (sulfide) groups is 1. The molecule has 0 radical (unpaired) electrons. The maximum Gasteiger partial charge on any atom is 0.230 e. The maximum atomic E-state index is 12.1. The summed E-state index contributed by atoms with van der Waals surface area (Å²) in [5.41, 5.74) is 0. The average molecular weight is 392 g/mol. The van der Waals surface area contributed by atoms with E-state index in [1.165, 1.54) is 31.0 Å². The minimum atomic E-state index is 0.0446. The van der Waals surface area contributed by atoms with Crippen molar-refractivity contribution in [1.29, 1.82) is 0 Å². The molecule has 1 N–H and O–H groups in total. The highest BCUT2D eigenvalue weighted by Gasteiger charge is 2.21. The van der Waals surface area contributed by atoms with E-state index in [-0.39, 0.29) is 5.91 Å². The zero-order valence-electron chi connectivity index (χ0n) is 16.0. The topological polar surface area (TPSA) is 76.2 Å². The van der Waals surface area contributed by atoms with Gasteiger partial charge >= 0.3 is 0 Å². The molecule has 1 amide bonds. The molecule has 1 saturated heterocycles. The first-order chi connectivity index (χ1) is 13.3. The second-order valence-electron chi connectivity index (χ2n) is 6.84. The number of hydrogen-bond acceptors (Lipinski definition) is 6. The first-order valence-electron chi connectivity index (χ1n) is 9.88. The number of amides is 1. The summed E-state index contributed by atoms with van der Waals surface area (Å²) in [4.78, 5) is 14.4. The summed E-state index contributed by atoms with van der Waals surface area (Å²) in [6, 6.07) is 3.84. The minimum Gasteiger partial charge on any atom is -0.467 e. The molecule has 3 rings (SSSR count). The zero-order valence-corrected chi connectivity index (χ0v) is 16.8. The van der Waals surface area contributed by atoms with Gasteiger partial charge in [-0.1, -0.05) is 31.5 Å². The Bertz CT molecular complexity index is 695. The molecule has 0 aliphatic carbocycles. The number of anilines is 1. The van der Waals surface area contributed by atoms with Gasteiger partial charge in [0.15, 0.2) is 5.16 Å². The minimum absolute atomic E-state index is 0.0446. The first kappa shape index (κ1) is 19.8. The summed E-state index contributed by atoms with van der Waals surface area (Å²) in [5, 5.41) is 12.5. The molecule has 0 saturated carbocycles. The smallest absolute Gasteiger partial charge is 0.230 e. The molecule has 1 aliphatic heterocycles. The Kier molecular flexibility index (Phi) is 7.62. The lowest BCUT2D eigenvalue weighted by atomic mass is 10.1. The highest BCUT2D eigenvalue weighted by molar-refractivity contribution is 7.99. The zero-order chi connectivity index (χ0) is 18.9. The molecule has 0 unspecified atom stereocenters. The summed E-state index contributed by atoms with van der Waals surface area (Å²) < 4.78 is 7.59. The van der Waals surface area contributed by atoms with Gasteiger partial charge in [0.05, 0.1) is 18.6 Å². The Hall–Kier alpha value is -1.96. The molecular formula is C19H29N5O2S. The fraction of sp³-hybridized carbons (Fsp3) is 0.632. The van der Waals surface area contributed by atoms with E-state index in [0.29, 0.717) is 12.3 Å². The molecule has 2 aromatic rings. The Morgan fingerprint density at radius 2 is 2.11 bits per heavy atom.